The zero-order valence-corrected chi connectivity index (χ0v) is 20.5. The van der Waals surface area contributed by atoms with Crippen LogP contribution in [-0.4, -0.2) is 23.7 Å². The highest BCUT2D eigenvalue weighted by Crippen LogP contribution is 2.27. The Morgan fingerprint density at radius 3 is 1.86 bits per heavy atom. The molecule has 4 aromatic rings. The monoisotopic (exact) mass is 498 g/mol. The van der Waals surface area contributed by atoms with Crippen molar-refractivity contribution in [1.29, 1.82) is 0 Å². The van der Waals surface area contributed by atoms with Gasteiger partial charge in [0.2, 0.25) is 5.91 Å². The van der Waals surface area contributed by atoms with Gasteiger partial charge in [0, 0.05) is 16.3 Å². The second-order valence-electron chi connectivity index (χ2n) is 7.86. The molecule has 0 spiro atoms. The van der Waals surface area contributed by atoms with Crippen molar-refractivity contribution < 1.29 is 19.1 Å². The van der Waals surface area contributed by atoms with Gasteiger partial charge in [0.15, 0.2) is 6.61 Å². The maximum atomic E-state index is 12.7. The van der Waals surface area contributed by atoms with E-state index in [1.807, 2.05) is 91.9 Å². The maximum Gasteiger partial charge on any atom is 0.262 e. The Morgan fingerprint density at radius 1 is 0.694 bits per heavy atom. The van der Waals surface area contributed by atoms with Crippen molar-refractivity contribution in [1.82, 2.24) is 0 Å². The third kappa shape index (κ3) is 7.65. The Labute approximate surface area is 214 Å². The number of hydrogen-bond acceptors (Lipinski definition) is 5. The van der Waals surface area contributed by atoms with E-state index in [1.54, 1.807) is 24.3 Å². The number of thioether (sulfide) groups is 1. The lowest BCUT2D eigenvalue weighted by molar-refractivity contribution is -0.118. The van der Waals surface area contributed by atoms with Gasteiger partial charge in [-0.1, -0.05) is 36.4 Å². The number of rotatable bonds is 10. The van der Waals surface area contributed by atoms with Gasteiger partial charge in [0.25, 0.3) is 5.91 Å². The molecule has 0 radical (unpaired) electrons. The third-order valence-corrected chi connectivity index (χ3v) is 6.15. The molecule has 36 heavy (non-hydrogen) atoms. The Kier molecular flexibility index (Phi) is 8.62. The average Bonchev–Trinajstić information content (AvgIpc) is 2.91. The van der Waals surface area contributed by atoms with Gasteiger partial charge in [-0.15, -0.1) is 11.8 Å². The fourth-order valence-corrected chi connectivity index (χ4v) is 4.08. The summed E-state index contributed by atoms with van der Waals surface area (Å²) >= 11 is 1.44. The first-order valence-electron chi connectivity index (χ1n) is 11.4. The van der Waals surface area contributed by atoms with Gasteiger partial charge < -0.3 is 20.1 Å². The van der Waals surface area contributed by atoms with Gasteiger partial charge in [-0.3, -0.25) is 9.59 Å². The molecule has 0 aliphatic carbocycles. The second kappa shape index (κ2) is 12.5. The highest BCUT2D eigenvalue weighted by Gasteiger charge is 2.15. The smallest absolute Gasteiger partial charge is 0.262 e. The Balaban J connectivity index is 1.22. The van der Waals surface area contributed by atoms with Crippen LogP contribution < -0.4 is 20.1 Å². The van der Waals surface area contributed by atoms with Gasteiger partial charge >= 0.3 is 0 Å². The average molecular weight is 499 g/mol. The summed E-state index contributed by atoms with van der Waals surface area (Å²) in [6.07, 6.45) is 0. The van der Waals surface area contributed by atoms with Crippen LogP contribution in [0.5, 0.6) is 17.2 Å². The van der Waals surface area contributed by atoms with Gasteiger partial charge in [-0.2, -0.15) is 0 Å². The fourth-order valence-electron chi connectivity index (χ4n) is 3.21. The number of amides is 2. The lowest BCUT2D eigenvalue weighted by Crippen LogP contribution is -2.22. The molecule has 182 valence electrons. The first kappa shape index (κ1) is 24.9. The highest BCUT2D eigenvalue weighted by molar-refractivity contribution is 8.00. The summed E-state index contributed by atoms with van der Waals surface area (Å²) in [4.78, 5) is 25.7. The van der Waals surface area contributed by atoms with E-state index in [1.165, 1.54) is 11.8 Å². The molecule has 0 bridgehead atoms. The maximum absolute atomic E-state index is 12.7. The molecule has 0 aromatic heterocycles. The Hall–Kier alpha value is -4.23. The lowest BCUT2D eigenvalue weighted by Gasteiger charge is -2.13. The number of benzene rings is 4. The second-order valence-corrected chi connectivity index (χ2v) is 9.28. The minimum Gasteiger partial charge on any atom is -0.484 e. The summed E-state index contributed by atoms with van der Waals surface area (Å²) in [6.45, 7) is 1.78. The van der Waals surface area contributed by atoms with Crippen LogP contribution in [0.25, 0.3) is 0 Å². The quantitative estimate of drug-likeness (QED) is 0.241. The number of para-hydroxylation sites is 2. The topological polar surface area (TPSA) is 76.7 Å². The first-order chi connectivity index (χ1) is 17.5. The van der Waals surface area contributed by atoms with Crippen LogP contribution in [0.2, 0.25) is 0 Å². The Morgan fingerprint density at radius 2 is 1.22 bits per heavy atom. The van der Waals surface area contributed by atoms with Crippen LogP contribution in [0.4, 0.5) is 11.4 Å². The number of carbonyl (C=O) groups excluding carboxylic acids is 2. The van der Waals surface area contributed by atoms with Gasteiger partial charge in [0.1, 0.15) is 17.2 Å². The van der Waals surface area contributed by atoms with Gasteiger partial charge in [0.05, 0.1) is 5.25 Å². The predicted molar refractivity (Wildman–Crippen MR) is 144 cm³/mol. The molecule has 6 nitrogen and oxygen atoms in total. The van der Waals surface area contributed by atoms with E-state index in [9.17, 15) is 9.59 Å². The molecule has 0 saturated heterocycles. The zero-order chi connectivity index (χ0) is 25.2. The molecule has 0 saturated carbocycles. The molecule has 1 atom stereocenters. The number of nitrogens with one attached hydrogen (secondary N) is 2. The molecule has 2 amide bonds. The van der Waals surface area contributed by atoms with Crippen LogP contribution >= 0.6 is 11.8 Å². The zero-order valence-electron chi connectivity index (χ0n) is 19.7. The van der Waals surface area contributed by atoms with Crippen molar-refractivity contribution in [3.63, 3.8) is 0 Å². The van der Waals surface area contributed by atoms with Gasteiger partial charge in [-0.25, -0.2) is 0 Å². The summed E-state index contributed by atoms with van der Waals surface area (Å²) in [5.74, 6) is 1.74. The van der Waals surface area contributed by atoms with E-state index >= 15 is 0 Å². The fraction of sp³-hybridized carbons (Fsp3) is 0.103. The molecule has 7 heteroatoms. The van der Waals surface area contributed by atoms with Crippen molar-refractivity contribution >= 4 is 35.0 Å². The molecule has 0 heterocycles. The van der Waals surface area contributed by atoms with Crippen molar-refractivity contribution in [3.05, 3.63) is 109 Å². The van der Waals surface area contributed by atoms with Crippen LogP contribution in [0.3, 0.4) is 0 Å². The van der Waals surface area contributed by atoms with Crippen molar-refractivity contribution in [2.75, 3.05) is 17.2 Å². The number of carbonyl (C=O) groups is 2. The molecule has 4 rings (SSSR count). The standard InChI is InChI=1S/C29H26N2O4S/c1-21(29(33)31-23-12-16-26(17-13-23)35-25-10-6-3-7-11-25)36-27-18-14-22(15-19-27)30-28(32)20-34-24-8-4-2-5-9-24/h2-19,21H,20H2,1H3,(H,30,32)(H,31,33). The van der Waals surface area contributed by atoms with Crippen molar-refractivity contribution in [2.24, 2.45) is 0 Å². The summed E-state index contributed by atoms with van der Waals surface area (Å²) in [5, 5.41) is 5.42. The third-order valence-electron chi connectivity index (χ3n) is 5.03. The summed E-state index contributed by atoms with van der Waals surface area (Å²) < 4.78 is 11.2. The van der Waals surface area contributed by atoms with E-state index < -0.39 is 0 Å². The summed E-state index contributed by atoms with van der Waals surface area (Å²) in [6, 6.07) is 33.3. The molecule has 0 aliphatic rings. The van der Waals surface area contributed by atoms with Crippen LogP contribution in [0.1, 0.15) is 6.92 Å². The molecular weight excluding hydrogens is 472 g/mol. The summed E-state index contributed by atoms with van der Waals surface area (Å²) in [5.41, 5.74) is 1.36. The largest absolute Gasteiger partial charge is 0.484 e. The molecule has 0 fully saturated rings. The van der Waals surface area contributed by atoms with Crippen LogP contribution in [-0.2, 0) is 9.59 Å². The summed E-state index contributed by atoms with van der Waals surface area (Å²) in [7, 11) is 0. The molecule has 4 aromatic carbocycles. The normalized spacial score (nSPS) is 11.2. The van der Waals surface area contributed by atoms with E-state index in [4.69, 9.17) is 9.47 Å². The van der Waals surface area contributed by atoms with Crippen molar-refractivity contribution in [2.45, 2.75) is 17.1 Å². The van der Waals surface area contributed by atoms with Crippen LogP contribution in [0.15, 0.2) is 114 Å². The van der Waals surface area contributed by atoms with E-state index in [2.05, 4.69) is 10.6 Å². The molecule has 0 aliphatic heterocycles. The van der Waals surface area contributed by atoms with Gasteiger partial charge in [-0.05, 0) is 79.7 Å². The molecule has 1 unspecified atom stereocenters. The number of ether oxygens (including phenoxy) is 2. The Bertz CT molecular complexity index is 1260. The predicted octanol–water partition coefficient (Wildman–Crippen LogP) is 6.62. The number of anilines is 2. The lowest BCUT2D eigenvalue weighted by atomic mass is 10.3. The van der Waals surface area contributed by atoms with Crippen molar-refractivity contribution in [3.8, 4) is 17.2 Å². The van der Waals surface area contributed by atoms with E-state index in [-0.39, 0.29) is 23.7 Å². The first-order valence-corrected chi connectivity index (χ1v) is 12.3. The van der Waals surface area contributed by atoms with E-state index in [0.29, 0.717) is 22.9 Å². The minimum absolute atomic E-state index is 0.0723. The minimum atomic E-state index is -0.315. The molecular formula is C29H26N2O4S. The van der Waals surface area contributed by atoms with Crippen LogP contribution in [0, 0.1) is 0 Å². The number of hydrogen-bond donors (Lipinski definition) is 2. The molecule has 2 N–H and O–H groups in total. The highest BCUT2D eigenvalue weighted by atomic mass is 32.2. The van der Waals surface area contributed by atoms with E-state index in [0.717, 1.165) is 10.6 Å². The SMILES string of the molecule is CC(Sc1ccc(NC(=O)COc2ccccc2)cc1)C(=O)Nc1ccc(Oc2ccccc2)cc1.